The Labute approximate surface area is 151 Å². The van der Waals surface area contributed by atoms with E-state index in [0.29, 0.717) is 5.25 Å². The molecule has 0 spiro atoms. The zero-order chi connectivity index (χ0) is 17.6. The minimum Gasteiger partial charge on any atom is -0.504 e. The summed E-state index contributed by atoms with van der Waals surface area (Å²) in [5.74, 6) is -0.383. The zero-order valence-electron chi connectivity index (χ0n) is 14.1. The molecule has 3 N–H and O–H groups in total. The van der Waals surface area contributed by atoms with E-state index >= 15 is 0 Å². The summed E-state index contributed by atoms with van der Waals surface area (Å²) in [4.78, 5) is 14.3. The molecule has 1 atom stereocenters. The standard InChI is InChI=1S/C20H21NO3S/c1-2-15-10-12-9-14(4-6-18(12)25-15)21-19(24)20(7-8-20)13-3-5-16(22)17(23)11-13/h3-5,9-11,18,22-23H,2,6-8H2,1H3,(H,21,24). The molecule has 1 aromatic rings. The molecule has 2 aliphatic carbocycles. The van der Waals surface area contributed by atoms with E-state index in [1.807, 2.05) is 11.8 Å². The Morgan fingerprint density at radius 2 is 2.08 bits per heavy atom. The van der Waals surface area contributed by atoms with Gasteiger partial charge in [0, 0.05) is 10.9 Å². The van der Waals surface area contributed by atoms with E-state index in [1.165, 1.54) is 22.6 Å². The largest absolute Gasteiger partial charge is 0.504 e. The Hall–Kier alpha value is -2.14. The van der Waals surface area contributed by atoms with Crippen molar-refractivity contribution in [2.75, 3.05) is 0 Å². The van der Waals surface area contributed by atoms with Crippen LogP contribution in [0.2, 0.25) is 0 Å². The van der Waals surface area contributed by atoms with Gasteiger partial charge in [0.2, 0.25) is 5.91 Å². The summed E-state index contributed by atoms with van der Waals surface area (Å²) in [7, 11) is 0. The summed E-state index contributed by atoms with van der Waals surface area (Å²) < 4.78 is 0. The second-order valence-electron chi connectivity index (χ2n) is 6.85. The fraction of sp³-hybridized carbons (Fsp3) is 0.350. The van der Waals surface area contributed by atoms with Crippen LogP contribution in [0.15, 0.2) is 52.6 Å². The van der Waals surface area contributed by atoms with E-state index in [0.717, 1.165) is 36.9 Å². The Morgan fingerprint density at radius 1 is 1.28 bits per heavy atom. The SMILES string of the molecule is CCC1=CC2=CC(NC(=O)C3(c4ccc(O)c(O)c4)CC3)=CCC2S1. The predicted molar refractivity (Wildman–Crippen MR) is 99.4 cm³/mol. The fourth-order valence-electron chi connectivity index (χ4n) is 3.47. The molecular weight excluding hydrogens is 334 g/mol. The van der Waals surface area contributed by atoms with Crippen molar-refractivity contribution >= 4 is 17.7 Å². The first-order chi connectivity index (χ1) is 12.0. The van der Waals surface area contributed by atoms with E-state index in [9.17, 15) is 15.0 Å². The van der Waals surface area contributed by atoms with Crippen LogP contribution >= 0.6 is 11.8 Å². The van der Waals surface area contributed by atoms with Gasteiger partial charge in [-0.3, -0.25) is 4.79 Å². The predicted octanol–water partition coefficient (Wildman–Crippen LogP) is 3.87. The van der Waals surface area contributed by atoms with Crippen LogP contribution in [-0.2, 0) is 10.2 Å². The number of nitrogens with one attached hydrogen (secondary N) is 1. The number of fused-ring (bicyclic) bond motifs is 1. The van der Waals surface area contributed by atoms with Gasteiger partial charge in [-0.05, 0) is 66.0 Å². The molecule has 1 amide bonds. The van der Waals surface area contributed by atoms with Gasteiger partial charge < -0.3 is 15.5 Å². The van der Waals surface area contributed by atoms with E-state index in [2.05, 4.69) is 30.5 Å². The maximum atomic E-state index is 12.9. The minimum absolute atomic E-state index is 0.0375. The van der Waals surface area contributed by atoms with Crippen LogP contribution in [0.1, 0.15) is 38.2 Å². The first-order valence-corrected chi connectivity index (χ1v) is 9.53. The lowest BCUT2D eigenvalue weighted by atomic mass is 9.94. The maximum Gasteiger partial charge on any atom is 0.235 e. The number of hydrogen-bond donors (Lipinski definition) is 3. The number of benzene rings is 1. The van der Waals surface area contributed by atoms with Crippen LogP contribution in [0.4, 0.5) is 0 Å². The summed E-state index contributed by atoms with van der Waals surface area (Å²) in [5, 5.41) is 22.8. The summed E-state index contributed by atoms with van der Waals surface area (Å²) in [6.07, 6.45) is 9.89. The molecule has 130 valence electrons. The Morgan fingerprint density at radius 3 is 2.76 bits per heavy atom. The average Bonchev–Trinajstić information content (AvgIpc) is 3.31. The van der Waals surface area contributed by atoms with E-state index in [1.54, 1.807) is 6.07 Å². The molecule has 0 aromatic heterocycles. The van der Waals surface area contributed by atoms with Crippen LogP contribution in [0.3, 0.4) is 0 Å². The van der Waals surface area contributed by atoms with Gasteiger partial charge in [0.25, 0.3) is 0 Å². The normalized spacial score (nSPS) is 23.2. The van der Waals surface area contributed by atoms with Gasteiger partial charge in [0.15, 0.2) is 11.5 Å². The van der Waals surface area contributed by atoms with Crippen molar-refractivity contribution in [3.8, 4) is 11.5 Å². The highest BCUT2D eigenvalue weighted by Gasteiger charge is 2.51. The van der Waals surface area contributed by atoms with Crippen LogP contribution in [0.5, 0.6) is 11.5 Å². The lowest BCUT2D eigenvalue weighted by Gasteiger charge is -2.20. The molecule has 1 aliphatic heterocycles. The highest BCUT2D eigenvalue weighted by molar-refractivity contribution is 8.04. The van der Waals surface area contributed by atoms with E-state index in [4.69, 9.17) is 0 Å². The number of amides is 1. The molecule has 5 heteroatoms. The molecule has 1 fully saturated rings. The van der Waals surface area contributed by atoms with Crippen molar-refractivity contribution < 1.29 is 15.0 Å². The number of carbonyl (C=O) groups is 1. The molecule has 4 nitrogen and oxygen atoms in total. The van der Waals surface area contributed by atoms with Crippen LogP contribution in [0.25, 0.3) is 0 Å². The summed E-state index contributed by atoms with van der Waals surface area (Å²) in [5.41, 5.74) is 2.31. The van der Waals surface area contributed by atoms with Crippen molar-refractivity contribution in [1.82, 2.24) is 5.32 Å². The van der Waals surface area contributed by atoms with Crippen molar-refractivity contribution in [2.24, 2.45) is 0 Å². The number of allylic oxidation sites excluding steroid dienone is 4. The van der Waals surface area contributed by atoms with Gasteiger partial charge in [-0.25, -0.2) is 0 Å². The third kappa shape index (κ3) is 2.86. The summed E-state index contributed by atoms with van der Waals surface area (Å²) in [6, 6.07) is 4.65. The molecule has 1 heterocycles. The molecule has 1 saturated carbocycles. The quantitative estimate of drug-likeness (QED) is 0.717. The molecule has 1 aromatic carbocycles. The smallest absolute Gasteiger partial charge is 0.235 e. The fourth-order valence-corrected chi connectivity index (χ4v) is 4.67. The van der Waals surface area contributed by atoms with Gasteiger partial charge in [-0.15, -0.1) is 11.8 Å². The Bertz CT molecular complexity index is 833. The molecule has 0 bridgehead atoms. The van der Waals surface area contributed by atoms with Crippen molar-refractivity contribution in [3.05, 3.63) is 58.2 Å². The molecule has 1 unspecified atom stereocenters. The van der Waals surface area contributed by atoms with Gasteiger partial charge >= 0.3 is 0 Å². The lowest BCUT2D eigenvalue weighted by molar-refractivity contribution is -0.122. The first kappa shape index (κ1) is 16.3. The van der Waals surface area contributed by atoms with Crippen molar-refractivity contribution in [2.45, 2.75) is 43.3 Å². The molecule has 0 radical (unpaired) electrons. The van der Waals surface area contributed by atoms with Gasteiger partial charge in [0.05, 0.1) is 5.41 Å². The van der Waals surface area contributed by atoms with Gasteiger partial charge in [-0.1, -0.05) is 19.1 Å². The number of carbonyl (C=O) groups excluding carboxylic acids is 1. The number of rotatable bonds is 4. The molecule has 4 rings (SSSR count). The number of hydrogen-bond acceptors (Lipinski definition) is 4. The van der Waals surface area contributed by atoms with Gasteiger partial charge in [0.1, 0.15) is 0 Å². The number of thioether (sulfide) groups is 1. The third-order valence-corrected chi connectivity index (χ3v) is 6.64. The summed E-state index contributed by atoms with van der Waals surface area (Å²) >= 11 is 1.92. The molecule has 25 heavy (non-hydrogen) atoms. The first-order valence-electron chi connectivity index (χ1n) is 8.65. The van der Waals surface area contributed by atoms with Crippen LogP contribution in [0, 0.1) is 0 Å². The maximum absolute atomic E-state index is 12.9. The van der Waals surface area contributed by atoms with Crippen molar-refractivity contribution in [1.29, 1.82) is 0 Å². The monoisotopic (exact) mass is 355 g/mol. The topological polar surface area (TPSA) is 69.6 Å². The second kappa shape index (κ2) is 5.99. The lowest BCUT2D eigenvalue weighted by Crippen LogP contribution is -2.34. The number of phenols is 2. The highest BCUT2D eigenvalue weighted by Crippen LogP contribution is 2.50. The molecule has 3 aliphatic rings. The van der Waals surface area contributed by atoms with Crippen LogP contribution in [-0.4, -0.2) is 21.4 Å². The molecule has 0 saturated heterocycles. The Kier molecular flexibility index (Phi) is 3.91. The van der Waals surface area contributed by atoms with Crippen LogP contribution < -0.4 is 5.32 Å². The number of phenolic OH excluding ortho intramolecular Hbond substituents is 2. The summed E-state index contributed by atoms with van der Waals surface area (Å²) in [6.45, 7) is 2.16. The zero-order valence-corrected chi connectivity index (χ0v) is 14.9. The minimum atomic E-state index is -0.587. The molecular formula is C20H21NO3S. The Balaban J connectivity index is 1.52. The van der Waals surface area contributed by atoms with E-state index in [-0.39, 0.29) is 17.4 Å². The second-order valence-corrected chi connectivity index (χ2v) is 8.18. The third-order valence-electron chi connectivity index (χ3n) is 5.19. The average molecular weight is 355 g/mol. The van der Waals surface area contributed by atoms with Crippen molar-refractivity contribution in [3.63, 3.8) is 0 Å². The highest BCUT2D eigenvalue weighted by atomic mass is 32.2. The number of aromatic hydroxyl groups is 2. The van der Waals surface area contributed by atoms with Gasteiger partial charge in [-0.2, -0.15) is 0 Å². The van der Waals surface area contributed by atoms with E-state index < -0.39 is 5.41 Å².